The molecule has 4 rings (SSSR count). The number of rotatable bonds is 7. The fourth-order valence-corrected chi connectivity index (χ4v) is 3.80. The molecule has 3 aromatic carbocycles. The van der Waals surface area contributed by atoms with Crippen molar-refractivity contribution in [1.29, 1.82) is 0 Å². The van der Waals surface area contributed by atoms with Gasteiger partial charge in [0.05, 0.1) is 13.7 Å². The van der Waals surface area contributed by atoms with Gasteiger partial charge in [-0.05, 0) is 42.3 Å². The van der Waals surface area contributed by atoms with Gasteiger partial charge in [-0.25, -0.2) is 4.79 Å². The lowest BCUT2D eigenvalue weighted by atomic mass is 9.87. The summed E-state index contributed by atoms with van der Waals surface area (Å²) in [6.45, 7) is 2.00. The number of imide groups is 1. The summed E-state index contributed by atoms with van der Waals surface area (Å²) in [6, 6.07) is 23.6. The van der Waals surface area contributed by atoms with Gasteiger partial charge in [-0.2, -0.15) is 0 Å². The first kappa shape index (κ1) is 20.5. The molecule has 1 aliphatic heterocycles. The minimum atomic E-state index is -1.10. The van der Waals surface area contributed by atoms with E-state index >= 15 is 0 Å². The summed E-state index contributed by atoms with van der Waals surface area (Å²) in [7, 11) is 1.59. The number of hydrogen-bond donors (Lipinski definition) is 1. The number of amides is 3. The second-order valence-corrected chi connectivity index (χ2v) is 7.33. The Morgan fingerprint density at radius 1 is 0.871 bits per heavy atom. The number of benzene rings is 3. The molecule has 0 unspecified atom stereocenters. The molecular formula is C25H24N2O4. The molecule has 1 heterocycles. The Hall–Kier alpha value is -3.80. The Bertz CT molecular complexity index is 1080. The molecule has 0 aliphatic carbocycles. The van der Waals surface area contributed by atoms with Gasteiger partial charge in [-0.3, -0.25) is 9.69 Å². The van der Waals surface area contributed by atoms with Crippen molar-refractivity contribution >= 4 is 11.9 Å². The number of nitrogens with one attached hydrogen (secondary N) is 1. The SMILES string of the molecule is CC[C@]1(c2ccc(OC)cc2)NC(=O)N(Cc2ccccc2Oc2ccccc2)C1=O. The fraction of sp³-hybridized carbons (Fsp3) is 0.200. The summed E-state index contributed by atoms with van der Waals surface area (Å²) < 4.78 is 11.2. The molecule has 6 nitrogen and oxygen atoms in total. The standard InChI is InChI=1S/C25H24N2O4/c1-3-25(19-13-15-20(30-2)16-14-19)23(28)27(24(29)26-25)17-18-9-7-8-12-22(18)31-21-10-5-4-6-11-21/h4-16H,3,17H2,1-2H3,(H,26,29)/t25-/m1/s1. The molecule has 0 spiro atoms. The van der Waals surface area contributed by atoms with Gasteiger partial charge in [-0.1, -0.05) is 55.5 Å². The average molecular weight is 416 g/mol. The molecule has 3 amide bonds. The van der Waals surface area contributed by atoms with Crippen molar-refractivity contribution in [2.45, 2.75) is 25.4 Å². The van der Waals surface area contributed by atoms with Gasteiger partial charge in [-0.15, -0.1) is 0 Å². The molecule has 0 saturated carbocycles. The number of carbonyl (C=O) groups is 2. The third kappa shape index (κ3) is 3.84. The van der Waals surface area contributed by atoms with Crippen molar-refractivity contribution in [3.8, 4) is 17.2 Å². The number of hydrogen-bond acceptors (Lipinski definition) is 4. The number of carbonyl (C=O) groups excluding carboxylic acids is 2. The van der Waals surface area contributed by atoms with Crippen LogP contribution in [0.15, 0.2) is 78.9 Å². The molecule has 1 atom stereocenters. The van der Waals surface area contributed by atoms with Crippen molar-refractivity contribution in [3.05, 3.63) is 90.0 Å². The molecule has 0 bridgehead atoms. The fourth-order valence-electron chi connectivity index (χ4n) is 3.80. The lowest BCUT2D eigenvalue weighted by Crippen LogP contribution is -2.43. The number of ether oxygens (including phenoxy) is 2. The molecular weight excluding hydrogens is 392 g/mol. The zero-order valence-corrected chi connectivity index (χ0v) is 17.5. The minimum Gasteiger partial charge on any atom is -0.497 e. The summed E-state index contributed by atoms with van der Waals surface area (Å²) in [5.74, 6) is 1.70. The zero-order chi connectivity index (χ0) is 21.8. The topological polar surface area (TPSA) is 67.9 Å². The molecule has 3 aromatic rings. The van der Waals surface area contributed by atoms with Gasteiger partial charge < -0.3 is 14.8 Å². The van der Waals surface area contributed by atoms with Crippen LogP contribution in [-0.2, 0) is 16.9 Å². The highest BCUT2D eigenvalue weighted by atomic mass is 16.5. The molecule has 1 aliphatic rings. The predicted molar refractivity (Wildman–Crippen MR) is 117 cm³/mol. The van der Waals surface area contributed by atoms with E-state index < -0.39 is 11.6 Å². The zero-order valence-electron chi connectivity index (χ0n) is 17.5. The normalized spacial score (nSPS) is 18.1. The van der Waals surface area contributed by atoms with E-state index in [0.717, 1.165) is 11.1 Å². The van der Waals surface area contributed by atoms with Gasteiger partial charge >= 0.3 is 6.03 Å². The number of para-hydroxylation sites is 2. The first-order valence-electron chi connectivity index (χ1n) is 10.2. The molecule has 0 aromatic heterocycles. The van der Waals surface area contributed by atoms with Crippen LogP contribution >= 0.6 is 0 Å². The van der Waals surface area contributed by atoms with Crippen LogP contribution < -0.4 is 14.8 Å². The molecule has 31 heavy (non-hydrogen) atoms. The molecule has 1 saturated heterocycles. The van der Waals surface area contributed by atoms with Gasteiger partial charge in [0.15, 0.2) is 0 Å². The van der Waals surface area contributed by atoms with Gasteiger partial charge in [0.2, 0.25) is 0 Å². The van der Waals surface area contributed by atoms with Gasteiger partial charge in [0.25, 0.3) is 5.91 Å². The highest BCUT2D eigenvalue weighted by Crippen LogP contribution is 2.35. The molecule has 1 N–H and O–H groups in total. The highest BCUT2D eigenvalue weighted by Gasteiger charge is 2.51. The molecule has 158 valence electrons. The average Bonchev–Trinajstić information content (AvgIpc) is 3.06. The van der Waals surface area contributed by atoms with Crippen LogP contribution in [0.2, 0.25) is 0 Å². The summed E-state index contributed by atoms with van der Waals surface area (Å²) in [5.41, 5.74) is 0.375. The van der Waals surface area contributed by atoms with E-state index in [1.54, 1.807) is 19.2 Å². The third-order valence-corrected chi connectivity index (χ3v) is 5.56. The first-order chi connectivity index (χ1) is 15.1. The largest absolute Gasteiger partial charge is 0.497 e. The Balaban J connectivity index is 1.61. The van der Waals surface area contributed by atoms with E-state index in [2.05, 4.69) is 5.32 Å². The Kier molecular flexibility index (Phi) is 5.62. The quantitative estimate of drug-likeness (QED) is 0.560. The second-order valence-electron chi connectivity index (χ2n) is 7.33. The summed E-state index contributed by atoms with van der Waals surface area (Å²) >= 11 is 0. The summed E-state index contributed by atoms with van der Waals surface area (Å²) in [4.78, 5) is 27.6. The Morgan fingerprint density at radius 2 is 1.55 bits per heavy atom. The Morgan fingerprint density at radius 3 is 2.23 bits per heavy atom. The predicted octanol–water partition coefficient (Wildman–Crippen LogP) is 4.84. The summed E-state index contributed by atoms with van der Waals surface area (Å²) in [6.07, 6.45) is 0.433. The van der Waals surface area contributed by atoms with E-state index in [-0.39, 0.29) is 12.5 Å². The van der Waals surface area contributed by atoms with Crippen LogP contribution in [-0.4, -0.2) is 23.9 Å². The smallest absolute Gasteiger partial charge is 0.325 e. The van der Waals surface area contributed by atoms with E-state index in [9.17, 15) is 9.59 Å². The maximum absolute atomic E-state index is 13.5. The van der Waals surface area contributed by atoms with Crippen LogP contribution in [0.5, 0.6) is 17.2 Å². The van der Waals surface area contributed by atoms with Gasteiger partial charge in [0, 0.05) is 5.56 Å². The lowest BCUT2D eigenvalue weighted by Gasteiger charge is -2.26. The first-order valence-corrected chi connectivity index (χ1v) is 10.2. The van der Waals surface area contributed by atoms with Crippen LogP contribution in [0, 0.1) is 0 Å². The molecule has 0 radical (unpaired) electrons. The molecule has 1 fully saturated rings. The van der Waals surface area contributed by atoms with Crippen LogP contribution in [0.25, 0.3) is 0 Å². The van der Waals surface area contributed by atoms with Crippen LogP contribution in [0.4, 0.5) is 4.79 Å². The molecule has 6 heteroatoms. The lowest BCUT2D eigenvalue weighted by molar-refractivity contribution is -0.132. The maximum atomic E-state index is 13.5. The van der Waals surface area contributed by atoms with E-state index in [4.69, 9.17) is 9.47 Å². The second kappa shape index (κ2) is 8.52. The monoisotopic (exact) mass is 416 g/mol. The van der Waals surface area contributed by atoms with Crippen molar-refractivity contribution < 1.29 is 19.1 Å². The highest BCUT2D eigenvalue weighted by molar-refractivity contribution is 6.07. The van der Waals surface area contributed by atoms with E-state index in [0.29, 0.717) is 23.7 Å². The van der Waals surface area contributed by atoms with Crippen LogP contribution in [0.1, 0.15) is 24.5 Å². The minimum absolute atomic E-state index is 0.117. The van der Waals surface area contributed by atoms with Crippen molar-refractivity contribution in [3.63, 3.8) is 0 Å². The van der Waals surface area contributed by atoms with E-state index in [1.807, 2.05) is 73.7 Å². The van der Waals surface area contributed by atoms with Crippen LogP contribution in [0.3, 0.4) is 0 Å². The van der Waals surface area contributed by atoms with Crippen molar-refractivity contribution in [2.75, 3.05) is 7.11 Å². The Labute approximate surface area is 181 Å². The summed E-state index contributed by atoms with van der Waals surface area (Å²) in [5, 5.41) is 2.92. The number of urea groups is 1. The van der Waals surface area contributed by atoms with E-state index in [1.165, 1.54) is 4.90 Å². The van der Waals surface area contributed by atoms with Gasteiger partial charge in [0.1, 0.15) is 22.8 Å². The third-order valence-electron chi connectivity index (χ3n) is 5.56. The van der Waals surface area contributed by atoms with Crippen molar-refractivity contribution in [2.24, 2.45) is 0 Å². The number of nitrogens with zero attached hydrogens (tertiary/aromatic N) is 1. The van der Waals surface area contributed by atoms with Crippen molar-refractivity contribution in [1.82, 2.24) is 10.2 Å². The maximum Gasteiger partial charge on any atom is 0.325 e. The number of methoxy groups -OCH3 is 1.